The third-order valence-electron chi connectivity index (χ3n) is 6.46. The number of β-amino-alcohol motifs (C(OH)–C–C–N with tert-alkyl or cyclic N) is 1. The summed E-state index contributed by atoms with van der Waals surface area (Å²) in [6, 6.07) is 17.9. The van der Waals surface area contributed by atoms with E-state index in [2.05, 4.69) is 53.5 Å². The van der Waals surface area contributed by atoms with Crippen LogP contribution < -0.4 is 10.1 Å². The second kappa shape index (κ2) is 9.75. The molecule has 1 saturated carbocycles. The number of ether oxygens (including phenoxy) is 1. The molecule has 2 aromatic carbocycles. The normalized spacial score (nSPS) is 21.1. The van der Waals surface area contributed by atoms with Gasteiger partial charge in [-0.05, 0) is 55.0 Å². The lowest BCUT2D eigenvalue weighted by Gasteiger charge is -2.36. The summed E-state index contributed by atoms with van der Waals surface area (Å²) in [5.41, 5.74) is 4.06. The maximum absolute atomic E-state index is 10.6. The van der Waals surface area contributed by atoms with Gasteiger partial charge in [-0.25, -0.2) is 0 Å². The number of benzene rings is 2. The SMILES string of the molecule is CC1c2ccccc2CCN1CC(O)COc1cccc(CNC2CCCC2)c1. The molecule has 4 heteroatoms. The molecule has 4 nitrogen and oxygen atoms in total. The fourth-order valence-electron chi connectivity index (χ4n) is 4.73. The van der Waals surface area contributed by atoms with Crippen molar-refractivity contribution < 1.29 is 9.84 Å². The predicted octanol–water partition coefficient (Wildman–Crippen LogP) is 4.08. The fraction of sp³-hybridized carbons (Fsp3) is 0.520. The van der Waals surface area contributed by atoms with Gasteiger partial charge in [0.2, 0.25) is 0 Å². The largest absolute Gasteiger partial charge is 0.491 e. The van der Waals surface area contributed by atoms with Crippen LogP contribution in [-0.2, 0) is 13.0 Å². The summed E-state index contributed by atoms with van der Waals surface area (Å²) in [7, 11) is 0. The number of aliphatic hydroxyl groups excluding tert-OH is 1. The lowest BCUT2D eigenvalue weighted by atomic mass is 9.93. The molecule has 156 valence electrons. The molecule has 0 radical (unpaired) electrons. The number of aliphatic hydroxyl groups is 1. The molecular weight excluding hydrogens is 360 g/mol. The summed E-state index contributed by atoms with van der Waals surface area (Å²) in [5.74, 6) is 0.840. The van der Waals surface area contributed by atoms with Gasteiger partial charge in [-0.3, -0.25) is 4.90 Å². The van der Waals surface area contributed by atoms with E-state index in [0.29, 0.717) is 25.2 Å². The summed E-state index contributed by atoms with van der Waals surface area (Å²) in [5, 5.41) is 14.2. The van der Waals surface area contributed by atoms with Crippen molar-refractivity contribution in [3.05, 3.63) is 65.2 Å². The second-order valence-electron chi connectivity index (χ2n) is 8.59. The Morgan fingerprint density at radius 1 is 1.14 bits per heavy atom. The lowest BCUT2D eigenvalue weighted by Crippen LogP contribution is -2.41. The highest BCUT2D eigenvalue weighted by Gasteiger charge is 2.25. The van der Waals surface area contributed by atoms with E-state index in [4.69, 9.17) is 4.74 Å². The van der Waals surface area contributed by atoms with Crippen molar-refractivity contribution in [3.63, 3.8) is 0 Å². The molecule has 2 atom stereocenters. The van der Waals surface area contributed by atoms with E-state index in [1.54, 1.807) is 0 Å². The number of nitrogens with one attached hydrogen (secondary N) is 1. The Bertz CT molecular complexity index is 788. The van der Waals surface area contributed by atoms with E-state index >= 15 is 0 Å². The van der Waals surface area contributed by atoms with Crippen LogP contribution in [0.5, 0.6) is 5.75 Å². The summed E-state index contributed by atoms with van der Waals surface area (Å²) in [4.78, 5) is 2.36. The van der Waals surface area contributed by atoms with Crippen molar-refractivity contribution >= 4 is 0 Å². The van der Waals surface area contributed by atoms with Crippen LogP contribution in [0.3, 0.4) is 0 Å². The molecule has 0 amide bonds. The van der Waals surface area contributed by atoms with Crippen LogP contribution in [0.1, 0.15) is 55.3 Å². The third-order valence-corrected chi connectivity index (χ3v) is 6.46. The first-order valence-electron chi connectivity index (χ1n) is 11.1. The first kappa shape index (κ1) is 20.4. The van der Waals surface area contributed by atoms with E-state index in [0.717, 1.165) is 25.3 Å². The minimum Gasteiger partial charge on any atom is -0.491 e. The van der Waals surface area contributed by atoms with Crippen molar-refractivity contribution in [1.82, 2.24) is 10.2 Å². The monoisotopic (exact) mass is 394 g/mol. The maximum atomic E-state index is 10.6. The third kappa shape index (κ3) is 5.39. The summed E-state index contributed by atoms with van der Waals surface area (Å²) in [6.07, 6.45) is 5.83. The van der Waals surface area contributed by atoms with E-state index in [-0.39, 0.29) is 0 Å². The topological polar surface area (TPSA) is 44.7 Å². The quantitative estimate of drug-likeness (QED) is 0.708. The van der Waals surface area contributed by atoms with Crippen molar-refractivity contribution in [2.75, 3.05) is 19.7 Å². The Kier molecular flexibility index (Phi) is 6.86. The summed E-state index contributed by atoms with van der Waals surface area (Å²) >= 11 is 0. The minimum atomic E-state index is -0.497. The average molecular weight is 395 g/mol. The molecule has 2 aliphatic rings. The van der Waals surface area contributed by atoms with Gasteiger partial charge in [0.1, 0.15) is 18.5 Å². The predicted molar refractivity (Wildman–Crippen MR) is 117 cm³/mol. The summed E-state index contributed by atoms with van der Waals surface area (Å²) in [6.45, 7) is 5.06. The second-order valence-corrected chi connectivity index (χ2v) is 8.59. The smallest absolute Gasteiger partial charge is 0.119 e. The van der Waals surface area contributed by atoms with Crippen molar-refractivity contribution in [2.24, 2.45) is 0 Å². The number of hydrogen-bond donors (Lipinski definition) is 2. The van der Waals surface area contributed by atoms with Crippen LogP contribution in [-0.4, -0.2) is 41.8 Å². The van der Waals surface area contributed by atoms with Crippen LogP contribution >= 0.6 is 0 Å². The van der Waals surface area contributed by atoms with Gasteiger partial charge in [-0.2, -0.15) is 0 Å². The zero-order valence-corrected chi connectivity index (χ0v) is 17.5. The first-order valence-corrected chi connectivity index (χ1v) is 11.1. The highest BCUT2D eigenvalue weighted by Crippen LogP contribution is 2.29. The van der Waals surface area contributed by atoms with Crippen LogP contribution in [0, 0.1) is 0 Å². The molecule has 1 fully saturated rings. The molecule has 1 aliphatic heterocycles. The molecule has 0 aromatic heterocycles. The molecule has 0 spiro atoms. The van der Waals surface area contributed by atoms with Gasteiger partial charge in [0.25, 0.3) is 0 Å². The molecule has 4 rings (SSSR count). The minimum absolute atomic E-state index is 0.324. The van der Waals surface area contributed by atoms with Gasteiger partial charge in [-0.1, -0.05) is 49.2 Å². The molecule has 29 heavy (non-hydrogen) atoms. The number of fused-ring (bicyclic) bond motifs is 1. The van der Waals surface area contributed by atoms with Gasteiger partial charge in [0, 0.05) is 31.7 Å². The van der Waals surface area contributed by atoms with E-state index in [9.17, 15) is 5.11 Å². The highest BCUT2D eigenvalue weighted by atomic mass is 16.5. The lowest BCUT2D eigenvalue weighted by molar-refractivity contribution is 0.0518. The molecule has 2 unspecified atom stereocenters. The summed E-state index contributed by atoms with van der Waals surface area (Å²) < 4.78 is 5.92. The highest BCUT2D eigenvalue weighted by molar-refractivity contribution is 5.32. The van der Waals surface area contributed by atoms with Crippen LogP contribution in [0.15, 0.2) is 48.5 Å². The Morgan fingerprint density at radius 2 is 1.97 bits per heavy atom. The molecule has 1 aliphatic carbocycles. The van der Waals surface area contributed by atoms with Gasteiger partial charge in [0.05, 0.1) is 0 Å². The van der Waals surface area contributed by atoms with Crippen LogP contribution in [0.2, 0.25) is 0 Å². The van der Waals surface area contributed by atoms with Crippen molar-refractivity contribution in [3.8, 4) is 5.75 Å². The number of rotatable bonds is 8. The molecule has 2 aromatic rings. The Hall–Kier alpha value is -1.88. The fourth-order valence-corrected chi connectivity index (χ4v) is 4.73. The zero-order valence-electron chi connectivity index (χ0n) is 17.5. The average Bonchev–Trinajstić information content (AvgIpc) is 3.27. The van der Waals surface area contributed by atoms with E-state index in [1.165, 1.54) is 42.4 Å². The molecular formula is C25H34N2O2. The Morgan fingerprint density at radius 3 is 2.83 bits per heavy atom. The van der Waals surface area contributed by atoms with Gasteiger partial charge < -0.3 is 15.2 Å². The zero-order chi connectivity index (χ0) is 20.1. The van der Waals surface area contributed by atoms with Crippen molar-refractivity contribution in [2.45, 2.75) is 63.8 Å². The molecule has 0 bridgehead atoms. The maximum Gasteiger partial charge on any atom is 0.119 e. The van der Waals surface area contributed by atoms with E-state index in [1.807, 2.05) is 12.1 Å². The van der Waals surface area contributed by atoms with Gasteiger partial charge >= 0.3 is 0 Å². The van der Waals surface area contributed by atoms with Gasteiger partial charge in [-0.15, -0.1) is 0 Å². The van der Waals surface area contributed by atoms with Crippen LogP contribution in [0.25, 0.3) is 0 Å². The Labute approximate surface area is 174 Å². The Balaban J connectivity index is 1.25. The molecule has 2 N–H and O–H groups in total. The number of nitrogens with zero attached hydrogens (tertiary/aromatic N) is 1. The number of hydrogen-bond acceptors (Lipinski definition) is 4. The molecule has 0 saturated heterocycles. The standard InChI is InChI=1S/C25H34N2O2/c1-19-25-12-5-2-8-21(25)13-14-27(19)17-23(28)18-29-24-11-6-7-20(15-24)16-26-22-9-3-4-10-22/h2,5-8,11-12,15,19,22-23,26,28H,3-4,9-10,13-14,16-18H2,1H3. The van der Waals surface area contributed by atoms with Gasteiger partial charge in [0.15, 0.2) is 0 Å². The van der Waals surface area contributed by atoms with E-state index < -0.39 is 6.10 Å². The van der Waals surface area contributed by atoms with Crippen molar-refractivity contribution in [1.29, 1.82) is 0 Å². The first-order chi connectivity index (χ1) is 14.2. The van der Waals surface area contributed by atoms with Crippen LogP contribution in [0.4, 0.5) is 0 Å². The molecule has 1 heterocycles.